The molecule has 0 amide bonds. The summed E-state index contributed by atoms with van der Waals surface area (Å²) in [5.74, 6) is -4.11. The molecule has 2 heterocycles. The summed E-state index contributed by atoms with van der Waals surface area (Å²) >= 11 is 7.42. The molecule has 0 aliphatic heterocycles. The number of aromatic nitrogens is 2. The molecular formula is C12H11ClF4N2OS. The van der Waals surface area contributed by atoms with Crippen LogP contribution in [0.1, 0.15) is 16.3 Å². The minimum Gasteiger partial charge on any atom is -0.367 e. The van der Waals surface area contributed by atoms with Gasteiger partial charge in [0, 0.05) is 4.88 Å². The fourth-order valence-electron chi connectivity index (χ4n) is 1.65. The number of nitrogens with zero attached hydrogens (tertiary/aromatic N) is 2. The third kappa shape index (κ3) is 3.44. The second-order valence-corrected chi connectivity index (χ2v) is 6.01. The minimum atomic E-state index is -4.19. The van der Waals surface area contributed by atoms with Crippen LogP contribution in [0.2, 0.25) is 5.15 Å². The zero-order valence-corrected chi connectivity index (χ0v) is 12.7. The highest BCUT2D eigenvalue weighted by atomic mass is 35.5. The van der Waals surface area contributed by atoms with Crippen molar-refractivity contribution in [3.05, 3.63) is 21.4 Å². The summed E-state index contributed by atoms with van der Waals surface area (Å²) in [4.78, 5) is 9.72. The van der Waals surface area contributed by atoms with Crippen LogP contribution in [-0.2, 0) is 11.3 Å². The lowest BCUT2D eigenvalue weighted by atomic mass is 10.2. The van der Waals surface area contributed by atoms with E-state index in [0.717, 1.165) is 10.4 Å². The fourth-order valence-corrected chi connectivity index (χ4v) is 3.08. The second kappa shape index (κ2) is 6.02. The van der Waals surface area contributed by atoms with Crippen LogP contribution in [0.25, 0.3) is 10.2 Å². The van der Waals surface area contributed by atoms with E-state index in [1.165, 1.54) is 11.3 Å². The van der Waals surface area contributed by atoms with E-state index in [1.54, 1.807) is 0 Å². The van der Waals surface area contributed by atoms with Crippen molar-refractivity contribution in [2.45, 2.75) is 32.8 Å². The van der Waals surface area contributed by atoms with E-state index in [2.05, 4.69) is 14.7 Å². The first-order chi connectivity index (χ1) is 9.72. The van der Waals surface area contributed by atoms with Crippen molar-refractivity contribution in [3.63, 3.8) is 0 Å². The van der Waals surface area contributed by atoms with Crippen LogP contribution in [0.3, 0.4) is 0 Å². The number of thiophene rings is 1. The minimum absolute atomic E-state index is 0.0822. The normalized spacial score (nSPS) is 12.6. The zero-order valence-electron chi connectivity index (χ0n) is 11.1. The smallest absolute Gasteiger partial charge is 0.330 e. The third-order valence-electron chi connectivity index (χ3n) is 2.88. The van der Waals surface area contributed by atoms with Gasteiger partial charge in [-0.25, -0.2) is 18.7 Å². The van der Waals surface area contributed by atoms with E-state index in [1.807, 2.05) is 13.8 Å². The highest BCUT2D eigenvalue weighted by Crippen LogP contribution is 2.33. The number of aryl methyl sites for hydroxylation is 2. The number of fused-ring (bicyclic) bond motifs is 1. The molecule has 0 aliphatic rings. The molecule has 2 aromatic heterocycles. The van der Waals surface area contributed by atoms with Crippen molar-refractivity contribution in [2.24, 2.45) is 0 Å². The van der Waals surface area contributed by atoms with Crippen LogP contribution in [0, 0.1) is 13.8 Å². The van der Waals surface area contributed by atoms with Crippen LogP contribution in [-0.4, -0.2) is 28.9 Å². The lowest BCUT2D eigenvalue weighted by molar-refractivity contribution is -0.168. The lowest BCUT2D eigenvalue weighted by Crippen LogP contribution is -2.32. The molecule has 9 heteroatoms. The monoisotopic (exact) mass is 342 g/mol. The molecule has 0 atom stereocenters. The molecule has 0 spiro atoms. The molecule has 21 heavy (non-hydrogen) atoms. The molecule has 0 saturated heterocycles. The van der Waals surface area contributed by atoms with Gasteiger partial charge in [-0.1, -0.05) is 11.6 Å². The van der Waals surface area contributed by atoms with Gasteiger partial charge in [-0.15, -0.1) is 11.3 Å². The van der Waals surface area contributed by atoms with Crippen molar-refractivity contribution in [1.82, 2.24) is 9.97 Å². The predicted octanol–water partition coefficient (Wildman–Crippen LogP) is 4.38. The van der Waals surface area contributed by atoms with Gasteiger partial charge in [0.1, 0.15) is 23.2 Å². The zero-order chi connectivity index (χ0) is 15.8. The van der Waals surface area contributed by atoms with E-state index in [-0.39, 0.29) is 11.0 Å². The number of rotatable bonds is 5. The highest BCUT2D eigenvalue weighted by molar-refractivity contribution is 7.18. The van der Waals surface area contributed by atoms with E-state index in [0.29, 0.717) is 10.2 Å². The summed E-state index contributed by atoms with van der Waals surface area (Å²) in [6.07, 6.45) is -3.77. The Hall–Kier alpha value is -0.990. The van der Waals surface area contributed by atoms with E-state index in [4.69, 9.17) is 11.6 Å². The molecule has 0 fully saturated rings. The van der Waals surface area contributed by atoms with E-state index in [9.17, 15) is 17.6 Å². The van der Waals surface area contributed by atoms with Gasteiger partial charge in [0.2, 0.25) is 0 Å². The summed E-state index contributed by atoms with van der Waals surface area (Å²) in [5.41, 5.74) is 0.955. The Morgan fingerprint density at radius 1 is 1.29 bits per heavy atom. The first-order valence-corrected chi connectivity index (χ1v) is 7.07. The SMILES string of the molecule is Cc1sc2nc(COCC(F)(F)C(F)F)nc(Cl)c2c1C. The Kier molecular flexibility index (Phi) is 4.69. The maximum absolute atomic E-state index is 12.7. The fraction of sp³-hybridized carbons (Fsp3) is 0.500. The number of alkyl halides is 4. The maximum atomic E-state index is 12.7. The Bertz CT molecular complexity index is 662. The number of hydrogen-bond donors (Lipinski definition) is 0. The molecule has 0 radical (unpaired) electrons. The van der Waals surface area contributed by atoms with Gasteiger partial charge in [0.05, 0.1) is 5.39 Å². The molecule has 0 saturated carbocycles. The molecule has 116 valence electrons. The highest BCUT2D eigenvalue weighted by Gasteiger charge is 2.41. The van der Waals surface area contributed by atoms with Crippen molar-refractivity contribution in [1.29, 1.82) is 0 Å². The molecule has 0 N–H and O–H groups in total. The maximum Gasteiger partial charge on any atom is 0.330 e. The Balaban J connectivity index is 2.13. The molecule has 0 aromatic carbocycles. The average Bonchev–Trinajstić information content (AvgIpc) is 2.64. The van der Waals surface area contributed by atoms with Gasteiger partial charge in [-0.3, -0.25) is 0 Å². The molecule has 0 unspecified atom stereocenters. The first kappa shape index (κ1) is 16.4. The molecule has 3 nitrogen and oxygen atoms in total. The Labute approximate surface area is 126 Å². The summed E-state index contributed by atoms with van der Waals surface area (Å²) in [6, 6.07) is 0. The summed E-state index contributed by atoms with van der Waals surface area (Å²) in [6.45, 7) is 1.97. The summed E-state index contributed by atoms with van der Waals surface area (Å²) in [7, 11) is 0. The van der Waals surface area contributed by atoms with Crippen molar-refractivity contribution >= 4 is 33.2 Å². The van der Waals surface area contributed by atoms with Crippen molar-refractivity contribution < 1.29 is 22.3 Å². The second-order valence-electron chi connectivity index (χ2n) is 4.45. The average molecular weight is 343 g/mol. The topological polar surface area (TPSA) is 35.0 Å². The molecular weight excluding hydrogens is 332 g/mol. The lowest BCUT2D eigenvalue weighted by Gasteiger charge is -2.14. The van der Waals surface area contributed by atoms with Crippen molar-refractivity contribution in [3.8, 4) is 0 Å². The third-order valence-corrected chi connectivity index (χ3v) is 4.25. The number of hydrogen-bond acceptors (Lipinski definition) is 4. The van der Waals surface area contributed by atoms with Crippen molar-refractivity contribution in [2.75, 3.05) is 6.61 Å². The van der Waals surface area contributed by atoms with Crippen LogP contribution in [0.5, 0.6) is 0 Å². The number of halogens is 5. The van der Waals surface area contributed by atoms with Gasteiger partial charge in [0.25, 0.3) is 0 Å². The standard InChI is InChI=1S/C12H11ClF4N2OS/c1-5-6(2)21-10-8(5)9(13)18-7(19-10)3-20-4-12(16,17)11(14)15/h11H,3-4H2,1-2H3. The van der Waals surface area contributed by atoms with Gasteiger partial charge in [-0.2, -0.15) is 8.78 Å². The molecule has 0 bridgehead atoms. The molecule has 2 rings (SSSR count). The van der Waals surface area contributed by atoms with Gasteiger partial charge in [-0.05, 0) is 19.4 Å². The predicted molar refractivity (Wildman–Crippen MR) is 72.5 cm³/mol. The van der Waals surface area contributed by atoms with E-state index < -0.39 is 25.6 Å². The molecule has 2 aromatic rings. The Morgan fingerprint density at radius 3 is 2.57 bits per heavy atom. The van der Waals surface area contributed by atoms with Gasteiger partial charge in [0.15, 0.2) is 5.82 Å². The summed E-state index contributed by atoms with van der Waals surface area (Å²) < 4.78 is 53.9. The summed E-state index contributed by atoms with van der Waals surface area (Å²) in [5, 5.41) is 0.905. The van der Waals surface area contributed by atoms with Crippen LogP contribution >= 0.6 is 22.9 Å². The van der Waals surface area contributed by atoms with Gasteiger partial charge >= 0.3 is 12.3 Å². The Morgan fingerprint density at radius 2 is 1.95 bits per heavy atom. The van der Waals surface area contributed by atoms with Crippen LogP contribution in [0.15, 0.2) is 0 Å². The van der Waals surface area contributed by atoms with Gasteiger partial charge < -0.3 is 4.74 Å². The van der Waals surface area contributed by atoms with Crippen LogP contribution in [0.4, 0.5) is 17.6 Å². The number of ether oxygens (including phenoxy) is 1. The first-order valence-electron chi connectivity index (χ1n) is 5.88. The quantitative estimate of drug-likeness (QED) is 0.597. The largest absolute Gasteiger partial charge is 0.367 e. The van der Waals surface area contributed by atoms with Crippen LogP contribution < -0.4 is 0 Å². The molecule has 0 aliphatic carbocycles. The van der Waals surface area contributed by atoms with E-state index >= 15 is 0 Å².